The molecule has 18 heavy (non-hydrogen) atoms. The Balaban J connectivity index is 0.00000289. The van der Waals surface area contributed by atoms with E-state index in [0.717, 1.165) is 24.3 Å². The minimum absolute atomic E-state index is 0. The van der Waals surface area contributed by atoms with E-state index < -0.39 is 0 Å². The molecule has 6 heteroatoms. The van der Waals surface area contributed by atoms with Crippen LogP contribution in [-0.4, -0.2) is 48.3 Å². The number of aliphatic imine (C=N–C) groups is 1. The van der Waals surface area contributed by atoms with Gasteiger partial charge in [-0.05, 0) is 31.4 Å². The first kappa shape index (κ1) is 18.3. The predicted molar refractivity (Wildman–Crippen MR) is 91.1 cm³/mol. The van der Waals surface area contributed by atoms with Gasteiger partial charge in [-0.2, -0.15) is 11.8 Å². The third kappa shape index (κ3) is 7.68. The molecule has 1 saturated heterocycles. The highest BCUT2D eigenvalue weighted by Crippen LogP contribution is 2.25. The van der Waals surface area contributed by atoms with Crippen LogP contribution in [0.15, 0.2) is 4.99 Å². The summed E-state index contributed by atoms with van der Waals surface area (Å²) >= 11 is 2.05. The molecule has 0 bridgehead atoms. The van der Waals surface area contributed by atoms with Crippen molar-refractivity contribution in [1.29, 1.82) is 0 Å². The van der Waals surface area contributed by atoms with E-state index in [1.165, 1.54) is 18.6 Å². The van der Waals surface area contributed by atoms with Crippen molar-refractivity contribution in [3.63, 3.8) is 0 Å². The van der Waals surface area contributed by atoms with Gasteiger partial charge in [0.25, 0.3) is 0 Å². The Hall–Kier alpha value is 0.310. The van der Waals surface area contributed by atoms with E-state index in [9.17, 15) is 0 Å². The maximum absolute atomic E-state index is 8.97. The van der Waals surface area contributed by atoms with Gasteiger partial charge in [0.15, 0.2) is 5.96 Å². The van der Waals surface area contributed by atoms with Gasteiger partial charge in [-0.15, -0.1) is 24.0 Å². The summed E-state index contributed by atoms with van der Waals surface area (Å²) in [4.78, 5) is 4.47. The highest BCUT2D eigenvalue weighted by Gasteiger charge is 2.15. The molecule has 1 aliphatic rings. The molecule has 1 fully saturated rings. The summed E-state index contributed by atoms with van der Waals surface area (Å²) in [5.41, 5.74) is 0. The van der Waals surface area contributed by atoms with E-state index >= 15 is 0 Å². The Bertz CT molecular complexity index is 235. The number of guanidine groups is 1. The van der Waals surface area contributed by atoms with Crippen molar-refractivity contribution in [3.05, 3.63) is 0 Å². The molecule has 108 valence electrons. The summed E-state index contributed by atoms with van der Waals surface area (Å²) in [5.74, 6) is 2.40. The first-order valence-corrected chi connectivity index (χ1v) is 7.55. The number of nitrogens with one attached hydrogen (secondary N) is 2. The maximum atomic E-state index is 8.97. The Morgan fingerprint density at radius 2 is 2.28 bits per heavy atom. The minimum Gasteiger partial charge on any atom is -0.396 e. The summed E-state index contributed by atoms with van der Waals surface area (Å²) in [7, 11) is 0. The van der Waals surface area contributed by atoms with Crippen molar-refractivity contribution >= 4 is 41.7 Å². The molecule has 0 aromatic heterocycles. The minimum atomic E-state index is 0. The van der Waals surface area contributed by atoms with E-state index in [1.807, 2.05) is 18.7 Å². The Labute approximate surface area is 132 Å². The Kier molecular flexibility index (Phi) is 11.4. The lowest BCUT2D eigenvalue weighted by molar-refractivity contribution is 0.241. The zero-order chi connectivity index (χ0) is 12.5. The normalized spacial score (nSPS) is 21.3. The molecule has 0 radical (unpaired) electrons. The number of aliphatic hydroxyl groups excluding tert-OH is 1. The van der Waals surface area contributed by atoms with Crippen molar-refractivity contribution in [1.82, 2.24) is 10.6 Å². The van der Waals surface area contributed by atoms with Gasteiger partial charge in [-0.3, -0.25) is 4.99 Å². The van der Waals surface area contributed by atoms with Gasteiger partial charge in [0.05, 0.1) is 0 Å². The molecule has 2 atom stereocenters. The largest absolute Gasteiger partial charge is 0.396 e. The summed E-state index contributed by atoms with van der Waals surface area (Å²) in [6, 6.07) is 0. The number of halogens is 1. The second kappa shape index (κ2) is 11.2. The molecule has 0 saturated carbocycles. The van der Waals surface area contributed by atoms with Crippen LogP contribution in [0.2, 0.25) is 0 Å². The van der Waals surface area contributed by atoms with Gasteiger partial charge in [-0.1, -0.05) is 6.92 Å². The second-order valence-electron chi connectivity index (χ2n) is 4.52. The molecular formula is C12H26IN3OS. The number of thioether (sulfide) groups is 1. The summed E-state index contributed by atoms with van der Waals surface area (Å²) in [5, 5.41) is 16.3. The van der Waals surface area contributed by atoms with Crippen LogP contribution in [0.25, 0.3) is 0 Å². The number of nitrogens with zero attached hydrogens (tertiary/aromatic N) is 1. The fraction of sp³-hybridized carbons (Fsp3) is 0.917. The van der Waals surface area contributed by atoms with Crippen molar-refractivity contribution in [3.8, 4) is 0 Å². The first-order valence-electron chi connectivity index (χ1n) is 6.50. The molecule has 4 nitrogen and oxygen atoms in total. The van der Waals surface area contributed by atoms with E-state index in [2.05, 4.69) is 22.5 Å². The second-order valence-corrected chi connectivity index (χ2v) is 5.93. The van der Waals surface area contributed by atoms with Crippen LogP contribution in [0.1, 0.15) is 26.7 Å². The average molecular weight is 387 g/mol. The number of hydrogen-bond acceptors (Lipinski definition) is 3. The molecule has 0 aliphatic carbocycles. The van der Waals surface area contributed by atoms with Crippen molar-refractivity contribution in [2.45, 2.75) is 31.9 Å². The topological polar surface area (TPSA) is 56.7 Å². The highest BCUT2D eigenvalue weighted by molar-refractivity contribution is 14.0. The van der Waals surface area contributed by atoms with Gasteiger partial charge < -0.3 is 15.7 Å². The van der Waals surface area contributed by atoms with Crippen LogP contribution >= 0.6 is 35.7 Å². The molecular weight excluding hydrogens is 361 g/mol. The number of rotatable bonds is 6. The molecule has 0 spiro atoms. The first-order chi connectivity index (χ1) is 8.26. The van der Waals surface area contributed by atoms with Gasteiger partial charge in [0, 0.05) is 31.5 Å². The molecule has 3 N–H and O–H groups in total. The van der Waals surface area contributed by atoms with E-state index in [0.29, 0.717) is 6.54 Å². The molecule has 0 aromatic rings. The molecule has 0 aromatic carbocycles. The summed E-state index contributed by atoms with van der Waals surface area (Å²) in [6.45, 7) is 6.79. The molecule has 1 rings (SSSR count). The quantitative estimate of drug-likeness (QED) is 0.369. The monoisotopic (exact) mass is 387 g/mol. The smallest absolute Gasteiger partial charge is 0.191 e. The average Bonchev–Trinajstić information content (AvgIpc) is 2.85. The van der Waals surface area contributed by atoms with E-state index in [-0.39, 0.29) is 36.5 Å². The third-order valence-corrected chi connectivity index (χ3v) is 4.14. The Morgan fingerprint density at radius 1 is 1.50 bits per heavy atom. The summed E-state index contributed by atoms with van der Waals surface area (Å²) in [6.07, 6.45) is 2.65. The third-order valence-electron chi connectivity index (χ3n) is 2.74. The predicted octanol–water partition coefficient (Wildman–Crippen LogP) is 1.68. The van der Waals surface area contributed by atoms with Crippen LogP contribution in [0.5, 0.6) is 0 Å². The fourth-order valence-corrected chi connectivity index (χ4v) is 2.86. The van der Waals surface area contributed by atoms with Crippen LogP contribution in [-0.2, 0) is 0 Å². The molecule has 1 heterocycles. The van der Waals surface area contributed by atoms with Crippen molar-refractivity contribution in [2.24, 2.45) is 10.9 Å². The van der Waals surface area contributed by atoms with Gasteiger partial charge >= 0.3 is 0 Å². The molecule has 2 unspecified atom stereocenters. The zero-order valence-electron chi connectivity index (χ0n) is 11.3. The summed E-state index contributed by atoms with van der Waals surface area (Å²) < 4.78 is 0. The lowest BCUT2D eigenvalue weighted by atomic mass is 10.2. The standard InChI is InChI=1S/C12H25N3OS.HI/c1-3-13-12(14-7-10(2)9-16)15-8-11-5-4-6-17-11;/h10-11,16H,3-9H2,1-2H3,(H2,13,14,15);1H. The Morgan fingerprint density at radius 3 is 2.83 bits per heavy atom. The van der Waals surface area contributed by atoms with Gasteiger partial charge in [-0.25, -0.2) is 0 Å². The lowest BCUT2D eigenvalue weighted by Crippen LogP contribution is -2.40. The molecule has 1 aliphatic heterocycles. The van der Waals surface area contributed by atoms with E-state index in [4.69, 9.17) is 5.11 Å². The van der Waals surface area contributed by atoms with Crippen molar-refractivity contribution in [2.75, 3.05) is 32.0 Å². The highest BCUT2D eigenvalue weighted by atomic mass is 127. The van der Waals surface area contributed by atoms with Gasteiger partial charge in [0.1, 0.15) is 0 Å². The van der Waals surface area contributed by atoms with Crippen LogP contribution in [0.3, 0.4) is 0 Å². The number of hydrogen-bond donors (Lipinski definition) is 3. The van der Waals surface area contributed by atoms with Crippen LogP contribution in [0.4, 0.5) is 0 Å². The SMILES string of the molecule is CCNC(=NCC(C)CO)NCC1CCCS1.I. The lowest BCUT2D eigenvalue weighted by Gasteiger charge is -2.15. The van der Waals surface area contributed by atoms with Crippen LogP contribution < -0.4 is 10.6 Å². The fourth-order valence-electron chi connectivity index (χ4n) is 1.66. The maximum Gasteiger partial charge on any atom is 0.191 e. The van der Waals surface area contributed by atoms with Crippen molar-refractivity contribution < 1.29 is 5.11 Å². The van der Waals surface area contributed by atoms with Gasteiger partial charge in [0.2, 0.25) is 0 Å². The number of aliphatic hydroxyl groups is 1. The zero-order valence-corrected chi connectivity index (χ0v) is 14.5. The molecule has 0 amide bonds. The van der Waals surface area contributed by atoms with E-state index in [1.54, 1.807) is 0 Å². The van der Waals surface area contributed by atoms with Crippen LogP contribution in [0, 0.1) is 5.92 Å².